The van der Waals surface area contributed by atoms with Gasteiger partial charge < -0.3 is 11.1 Å². The zero-order valence-corrected chi connectivity index (χ0v) is 12.4. The maximum absolute atomic E-state index is 12.9. The fraction of sp³-hybridized carbons (Fsp3) is 0.0714. The number of hydrogen-bond donors (Lipinski definition) is 2. The van der Waals surface area contributed by atoms with Crippen LogP contribution in [0.25, 0.3) is 0 Å². The first kappa shape index (κ1) is 15.5. The van der Waals surface area contributed by atoms with Gasteiger partial charge in [0.25, 0.3) is 0 Å². The number of nitrogen functional groups attached to an aromatic ring is 1. The van der Waals surface area contributed by atoms with Gasteiger partial charge in [-0.2, -0.15) is 0 Å². The summed E-state index contributed by atoms with van der Waals surface area (Å²) in [4.78, 5) is 12.2. The van der Waals surface area contributed by atoms with E-state index in [9.17, 15) is 13.4 Å². The van der Waals surface area contributed by atoms with E-state index in [0.29, 0.717) is 9.92 Å². The smallest absolute Gasteiger partial charge is 0.237 e. The number of carbonyl (C=O) groups excluding carboxylic acids is 1. The topological polar surface area (TPSA) is 72.2 Å². The molecule has 7 heteroatoms. The van der Waals surface area contributed by atoms with Crippen LogP contribution in [0, 0.1) is 5.82 Å². The van der Waals surface area contributed by atoms with Gasteiger partial charge in [0.05, 0.1) is 32.1 Å². The highest BCUT2D eigenvalue weighted by atomic mass is 35.5. The summed E-state index contributed by atoms with van der Waals surface area (Å²) in [6.07, 6.45) is 0. The Bertz CT molecular complexity index is 709. The summed E-state index contributed by atoms with van der Waals surface area (Å²) in [5.74, 6) is -1.25. The minimum Gasteiger partial charge on any atom is -0.397 e. The highest BCUT2D eigenvalue weighted by Crippen LogP contribution is 2.21. The summed E-state index contributed by atoms with van der Waals surface area (Å²) < 4.78 is 25.0. The Hall–Kier alpha value is -1.92. The van der Waals surface area contributed by atoms with Gasteiger partial charge in [-0.05, 0) is 30.3 Å². The summed E-state index contributed by atoms with van der Waals surface area (Å²) in [6.45, 7) is 0. The average Bonchev–Trinajstić information content (AvgIpc) is 2.42. The molecule has 0 aliphatic rings. The standard InChI is InChI=1S/C14H12ClFN2O2S/c15-10-3-1-2-4-13(10)21(20)8-14(19)18-12-6-5-9(16)7-11(12)17/h1-7H,8,17H2,(H,18,19). The van der Waals surface area contributed by atoms with E-state index >= 15 is 0 Å². The van der Waals surface area contributed by atoms with Gasteiger partial charge in [0, 0.05) is 0 Å². The first-order valence-electron chi connectivity index (χ1n) is 5.95. The Labute approximate surface area is 128 Å². The molecule has 0 aliphatic carbocycles. The van der Waals surface area contributed by atoms with Gasteiger partial charge in [0.15, 0.2) is 0 Å². The van der Waals surface area contributed by atoms with Crippen molar-refractivity contribution in [3.05, 3.63) is 53.3 Å². The van der Waals surface area contributed by atoms with E-state index in [2.05, 4.69) is 5.32 Å². The van der Waals surface area contributed by atoms with E-state index < -0.39 is 22.5 Å². The number of halogens is 2. The lowest BCUT2D eigenvalue weighted by molar-refractivity contribution is -0.113. The number of amides is 1. The fourth-order valence-electron chi connectivity index (χ4n) is 1.66. The van der Waals surface area contributed by atoms with E-state index in [1.54, 1.807) is 24.3 Å². The molecule has 1 amide bonds. The lowest BCUT2D eigenvalue weighted by Gasteiger charge is -2.08. The Morgan fingerprint density at radius 2 is 2.00 bits per heavy atom. The van der Waals surface area contributed by atoms with Crippen LogP contribution in [0.15, 0.2) is 47.4 Å². The van der Waals surface area contributed by atoms with Crippen LogP contribution in [0.2, 0.25) is 5.02 Å². The third-order valence-electron chi connectivity index (χ3n) is 2.63. The monoisotopic (exact) mass is 326 g/mol. The Balaban J connectivity index is 2.05. The summed E-state index contributed by atoms with van der Waals surface area (Å²) >= 11 is 5.92. The second-order valence-electron chi connectivity index (χ2n) is 4.20. The van der Waals surface area contributed by atoms with Crippen molar-refractivity contribution < 1.29 is 13.4 Å². The molecular weight excluding hydrogens is 315 g/mol. The van der Waals surface area contributed by atoms with Crippen LogP contribution < -0.4 is 11.1 Å². The van der Waals surface area contributed by atoms with Crippen LogP contribution >= 0.6 is 11.6 Å². The molecule has 0 heterocycles. The van der Waals surface area contributed by atoms with Crippen molar-refractivity contribution >= 4 is 39.7 Å². The number of nitrogens with one attached hydrogen (secondary N) is 1. The van der Waals surface area contributed by atoms with Gasteiger partial charge >= 0.3 is 0 Å². The van der Waals surface area contributed by atoms with Gasteiger partial charge in [-0.1, -0.05) is 23.7 Å². The molecule has 21 heavy (non-hydrogen) atoms. The first-order valence-corrected chi connectivity index (χ1v) is 7.65. The van der Waals surface area contributed by atoms with Crippen LogP contribution in [0.1, 0.15) is 0 Å². The predicted molar refractivity (Wildman–Crippen MR) is 82.2 cm³/mol. The molecule has 1 atom stereocenters. The molecule has 0 aromatic heterocycles. The molecular formula is C14H12ClFN2O2S. The van der Waals surface area contributed by atoms with Crippen molar-refractivity contribution in [1.82, 2.24) is 0 Å². The largest absolute Gasteiger partial charge is 0.397 e. The molecule has 4 nitrogen and oxygen atoms in total. The van der Waals surface area contributed by atoms with Crippen LogP contribution in [-0.4, -0.2) is 15.9 Å². The molecule has 0 saturated heterocycles. The Morgan fingerprint density at radius 3 is 2.67 bits per heavy atom. The highest BCUT2D eigenvalue weighted by molar-refractivity contribution is 7.86. The number of hydrogen-bond acceptors (Lipinski definition) is 3. The summed E-state index contributed by atoms with van der Waals surface area (Å²) in [5.41, 5.74) is 5.96. The average molecular weight is 327 g/mol. The molecule has 1 unspecified atom stereocenters. The number of benzene rings is 2. The fourth-order valence-corrected chi connectivity index (χ4v) is 3.04. The van der Waals surface area contributed by atoms with Gasteiger partial charge in [0.2, 0.25) is 5.91 Å². The van der Waals surface area contributed by atoms with E-state index in [0.717, 1.165) is 6.07 Å². The second kappa shape index (κ2) is 6.69. The minimum absolute atomic E-state index is 0.104. The molecule has 3 N–H and O–H groups in total. The Morgan fingerprint density at radius 1 is 1.29 bits per heavy atom. The maximum Gasteiger partial charge on any atom is 0.237 e. The number of anilines is 2. The highest BCUT2D eigenvalue weighted by Gasteiger charge is 2.14. The first-order chi connectivity index (χ1) is 9.97. The van der Waals surface area contributed by atoms with Crippen LogP contribution in [-0.2, 0) is 15.6 Å². The van der Waals surface area contributed by atoms with Crippen LogP contribution in [0.5, 0.6) is 0 Å². The predicted octanol–water partition coefficient (Wildman–Crippen LogP) is 2.81. The van der Waals surface area contributed by atoms with Crippen molar-refractivity contribution in [3.63, 3.8) is 0 Å². The molecule has 0 fully saturated rings. The minimum atomic E-state index is -1.57. The van der Waals surface area contributed by atoms with Crippen molar-refractivity contribution in [3.8, 4) is 0 Å². The third kappa shape index (κ3) is 4.03. The van der Waals surface area contributed by atoms with Gasteiger partial charge in [0.1, 0.15) is 11.6 Å². The molecule has 110 valence electrons. The zero-order valence-electron chi connectivity index (χ0n) is 10.8. The normalized spacial score (nSPS) is 11.9. The third-order valence-corrected chi connectivity index (χ3v) is 4.44. The SMILES string of the molecule is Nc1cc(F)ccc1NC(=O)CS(=O)c1ccccc1Cl. The quantitative estimate of drug-likeness (QED) is 0.849. The van der Waals surface area contributed by atoms with Gasteiger partial charge in [-0.3, -0.25) is 9.00 Å². The summed E-state index contributed by atoms with van der Waals surface area (Å²) in [7, 11) is -1.57. The van der Waals surface area contributed by atoms with Crippen molar-refractivity contribution in [2.45, 2.75) is 4.90 Å². The molecule has 2 aromatic rings. The van der Waals surface area contributed by atoms with E-state index in [1.807, 2.05) is 0 Å². The lowest BCUT2D eigenvalue weighted by Crippen LogP contribution is -2.20. The van der Waals surface area contributed by atoms with Crippen molar-refractivity contribution in [2.75, 3.05) is 16.8 Å². The van der Waals surface area contributed by atoms with E-state index in [-0.39, 0.29) is 17.1 Å². The summed E-state index contributed by atoms with van der Waals surface area (Å²) in [5, 5.41) is 2.83. The molecule has 0 aliphatic heterocycles. The molecule has 2 rings (SSSR count). The number of carbonyl (C=O) groups is 1. The molecule has 0 saturated carbocycles. The zero-order chi connectivity index (χ0) is 15.4. The lowest BCUT2D eigenvalue weighted by atomic mass is 10.2. The summed E-state index contributed by atoms with van der Waals surface area (Å²) in [6, 6.07) is 10.2. The van der Waals surface area contributed by atoms with E-state index in [4.69, 9.17) is 17.3 Å². The molecule has 0 bridgehead atoms. The maximum atomic E-state index is 12.9. The van der Waals surface area contributed by atoms with Crippen LogP contribution in [0.4, 0.5) is 15.8 Å². The molecule has 0 spiro atoms. The van der Waals surface area contributed by atoms with Crippen molar-refractivity contribution in [2.24, 2.45) is 0 Å². The van der Waals surface area contributed by atoms with Gasteiger partial charge in [-0.15, -0.1) is 0 Å². The molecule has 0 radical (unpaired) electrons. The van der Waals surface area contributed by atoms with Gasteiger partial charge in [-0.25, -0.2) is 4.39 Å². The number of rotatable bonds is 4. The van der Waals surface area contributed by atoms with Crippen LogP contribution in [0.3, 0.4) is 0 Å². The second-order valence-corrected chi connectivity index (χ2v) is 6.03. The Kier molecular flexibility index (Phi) is 4.93. The number of nitrogens with two attached hydrogens (primary N) is 1. The van der Waals surface area contributed by atoms with E-state index in [1.165, 1.54) is 12.1 Å². The van der Waals surface area contributed by atoms with Crippen molar-refractivity contribution in [1.29, 1.82) is 0 Å². The molecule has 2 aromatic carbocycles.